The third kappa shape index (κ3) is 3.00. The van der Waals surface area contributed by atoms with Gasteiger partial charge in [-0.1, -0.05) is 0 Å². The number of furan rings is 1. The van der Waals surface area contributed by atoms with Gasteiger partial charge in [0.05, 0.1) is 13.2 Å². The number of fused-ring (bicyclic) bond motifs is 1. The van der Waals surface area contributed by atoms with Gasteiger partial charge in [-0.3, -0.25) is 0 Å². The summed E-state index contributed by atoms with van der Waals surface area (Å²) in [4.78, 5) is 2.06. The van der Waals surface area contributed by atoms with Crippen LogP contribution in [-0.2, 0) is 11.3 Å². The maximum absolute atomic E-state index is 5.63. The van der Waals surface area contributed by atoms with Crippen molar-refractivity contribution in [3.8, 4) is 0 Å². The van der Waals surface area contributed by atoms with E-state index in [0.717, 1.165) is 17.3 Å². The second-order valence-electron chi connectivity index (χ2n) is 4.64. The van der Waals surface area contributed by atoms with Crippen LogP contribution in [0.25, 0.3) is 5.65 Å². The van der Waals surface area contributed by atoms with Gasteiger partial charge in [-0.15, -0.1) is 14.8 Å². The van der Waals surface area contributed by atoms with Gasteiger partial charge in [0.15, 0.2) is 11.5 Å². The molecule has 110 valence electrons. The minimum Gasteiger partial charge on any atom is -0.464 e. The maximum Gasteiger partial charge on any atom is 0.200 e. The molecule has 3 aromatic rings. The third-order valence-electron chi connectivity index (χ3n) is 3.09. The third-order valence-corrected chi connectivity index (χ3v) is 3.09. The van der Waals surface area contributed by atoms with Crippen molar-refractivity contribution in [3.63, 3.8) is 0 Å². The summed E-state index contributed by atoms with van der Waals surface area (Å²) in [6.45, 7) is 3.82. The molecule has 0 saturated heterocycles. The lowest BCUT2D eigenvalue weighted by atomic mass is 10.3. The summed E-state index contributed by atoms with van der Waals surface area (Å²) in [6, 6.07) is 7.62. The minimum atomic E-state index is 0.592. The molecule has 0 bridgehead atoms. The first-order valence-corrected chi connectivity index (χ1v) is 6.61. The van der Waals surface area contributed by atoms with Crippen LogP contribution in [0.2, 0.25) is 0 Å². The zero-order valence-corrected chi connectivity index (χ0v) is 11.9. The standard InChI is InChI=1S/C13H16N6O2/c1-10-3-4-11(21-10)9-18(7-8-20-2)13-6-5-12-14-16-17-19(12)15-13/h3-6H,7-9H2,1-2H3. The number of methoxy groups -OCH3 is 1. The molecule has 8 heteroatoms. The molecule has 0 aliphatic carbocycles. The van der Waals surface area contributed by atoms with E-state index < -0.39 is 0 Å². The molecule has 0 N–H and O–H groups in total. The van der Waals surface area contributed by atoms with Crippen molar-refractivity contribution in [2.24, 2.45) is 0 Å². The van der Waals surface area contributed by atoms with Crippen LogP contribution < -0.4 is 4.90 Å². The average Bonchev–Trinajstić information content (AvgIpc) is 3.11. The molecule has 0 aliphatic rings. The Hall–Kier alpha value is -2.48. The Kier molecular flexibility index (Phi) is 3.78. The molecule has 8 nitrogen and oxygen atoms in total. The summed E-state index contributed by atoms with van der Waals surface area (Å²) < 4.78 is 12.2. The molecular formula is C13H16N6O2. The van der Waals surface area contributed by atoms with Crippen molar-refractivity contribution in [2.45, 2.75) is 13.5 Å². The Balaban J connectivity index is 1.86. The first-order valence-electron chi connectivity index (χ1n) is 6.61. The summed E-state index contributed by atoms with van der Waals surface area (Å²) >= 11 is 0. The van der Waals surface area contributed by atoms with Crippen molar-refractivity contribution >= 4 is 11.5 Å². The van der Waals surface area contributed by atoms with Crippen molar-refractivity contribution in [2.75, 3.05) is 25.2 Å². The highest BCUT2D eigenvalue weighted by Crippen LogP contribution is 2.16. The lowest BCUT2D eigenvalue weighted by Crippen LogP contribution is -2.28. The molecule has 0 saturated carbocycles. The van der Waals surface area contributed by atoms with Crippen LogP contribution >= 0.6 is 0 Å². The van der Waals surface area contributed by atoms with E-state index in [1.54, 1.807) is 7.11 Å². The summed E-state index contributed by atoms with van der Waals surface area (Å²) in [7, 11) is 1.67. The van der Waals surface area contributed by atoms with Gasteiger partial charge in [0.1, 0.15) is 11.5 Å². The van der Waals surface area contributed by atoms with Crippen LogP contribution in [0, 0.1) is 6.92 Å². The molecule has 0 spiro atoms. The fraction of sp³-hybridized carbons (Fsp3) is 0.385. The Morgan fingerprint density at radius 1 is 1.29 bits per heavy atom. The molecule has 3 aromatic heterocycles. The van der Waals surface area contributed by atoms with Gasteiger partial charge in [0, 0.05) is 13.7 Å². The number of hydrogen-bond donors (Lipinski definition) is 0. The van der Waals surface area contributed by atoms with Crippen LogP contribution in [0.1, 0.15) is 11.5 Å². The summed E-state index contributed by atoms with van der Waals surface area (Å²) in [5.41, 5.74) is 0.610. The number of tetrazole rings is 1. The van der Waals surface area contributed by atoms with Crippen LogP contribution in [-0.4, -0.2) is 45.5 Å². The zero-order valence-electron chi connectivity index (χ0n) is 11.9. The molecule has 3 heterocycles. The fourth-order valence-corrected chi connectivity index (χ4v) is 2.04. The second kappa shape index (κ2) is 5.88. The quantitative estimate of drug-likeness (QED) is 0.671. The normalized spacial score (nSPS) is 11.1. The largest absolute Gasteiger partial charge is 0.464 e. The molecule has 0 amide bonds. The van der Waals surface area contributed by atoms with Gasteiger partial charge >= 0.3 is 0 Å². The van der Waals surface area contributed by atoms with E-state index in [2.05, 4.69) is 25.5 Å². The highest BCUT2D eigenvalue weighted by atomic mass is 16.5. The monoisotopic (exact) mass is 288 g/mol. The van der Waals surface area contributed by atoms with Crippen molar-refractivity contribution < 1.29 is 9.15 Å². The summed E-state index contributed by atoms with van der Waals surface area (Å²) in [5, 5.41) is 15.7. The van der Waals surface area contributed by atoms with Crippen LogP contribution in [0.4, 0.5) is 5.82 Å². The number of rotatable bonds is 6. The van der Waals surface area contributed by atoms with E-state index in [1.165, 1.54) is 4.63 Å². The van der Waals surface area contributed by atoms with Crippen molar-refractivity contribution in [3.05, 3.63) is 35.8 Å². The Labute approximate surface area is 121 Å². The number of nitrogens with zero attached hydrogens (tertiary/aromatic N) is 6. The summed E-state index contributed by atoms with van der Waals surface area (Å²) in [5.74, 6) is 2.53. The predicted octanol–water partition coefficient (Wildman–Crippen LogP) is 1.07. The fourth-order valence-electron chi connectivity index (χ4n) is 2.04. The Morgan fingerprint density at radius 3 is 2.95 bits per heavy atom. The smallest absolute Gasteiger partial charge is 0.200 e. The second-order valence-corrected chi connectivity index (χ2v) is 4.64. The van der Waals surface area contributed by atoms with Gasteiger partial charge in [0.2, 0.25) is 0 Å². The number of aryl methyl sites for hydroxylation is 1. The maximum atomic E-state index is 5.63. The molecule has 0 radical (unpaired) electrons. The number of ether oxygens (including phenoxy) is 1. The SMILES string of the molecule is COCCN(Cc1ccc(C)o1)c1ccc2nnnn2n1. The topological polar surface area (TPSA) is 81.6 Å². The Morgan fingerprint density at radius 2 is 2.19 bits per heavy atom. The zero-order chi connectivity index (χ0) is 14.7. The van der Waals surface area contributed by atoms with Gasteiger partial charge < -0.3 is 14.1 Å². The molecule has 0 aromatic carbocycles. The van der Waals surface area contributed by atoms with Gasteiger partial charge in [-0.25, -0.2) is 0 Å². The van der Waals surface area contributed by atoms with E-state index in [4.69, 9.17) is 9.15 Å². The lowest BCUT2D eigenvalue weighted by molar-refractivity contribution is 0.204. The first kappa shape index (κ1) is 13.5. The molecule has 0 fully saturated rings. The number of anilines is 1. The average molecular weight is 288 g/mol. The highest BCUT2D eigenvalue weighted by molar-refractivity contribution is 5.44. The number of aromatic nitrogens is 5. The van der Waals surface area contributed by atoms with Crippen molar-refractivity contribution in [1.82, 2.24) is 25.3 Å². The molecule has 0 aliphatic heterocycles. The van der Waals surface area contributed by atoms with E-state index in [0.29, 0.717) is 25.3 Å². The first-order chi connectivity index (χ1) is 10.3. The van der Waals surface area contributed by atoms with Crippen LogP contribution in [0.3, 0.4) is 0 Å². The number of hydrogen-bond acceptors (Lipinski definition) is 7. The van der Waals surface area contributed by atoms with Gasteiger partial charge in [-0.2, -0.15) is 0 Å². The molecule has 0 unspecified atom stereocenters. The lowest BCUT2D eigenvalue weighted by Gasteiger charge is -2.21. The molecule has 0 atom stereocenters. The van der Waals surface area contributed by atoms with Crippen LogP contribution in [0.15, 0.2) is 28.7 Å². The van der Waals surface area contributed by atoms with E-state index in [9.17, 15) is 0 Å². The molecular weight excluding hydrogens is 272 g/mol. The highest BCUT2D eigenvalue weighted by Gasteiger charge is 2.12. The predicted molar refractivity (Wildman–Crippen MR) is 74.9 cm³/mol. The van der Waals surface area contributed by atoms with Crippen LogP contribution in [0.5, 0.6) is 0 Å². The minimum absolute atomic E-state index is 0.592. The summed E-state index contributed by atoms with van der Waals surface area (Å²) in [6.07, 6.45) is 0. The van der Waals surface area contributed by atoms with E-state index in [1.807, 2.05) is 31.2 Å². The van der Waals surface area contributed by atoms with Crippen molar-refractivity contribution in [1.29, 1.82) is 0 Å². The van der Waals surface area contributed by atoms with E-state index >= 15 is 0 Å². The molecule has 3 rings (SSSR count). The van der Waals surface area contributed by atoms with Gasteiger partial charge in [0.25, 0.3) is 0 Å². The molecule has 21 heavy (non-hydrogen) atoms. The Bertz CT molecular complexity index is 722. The van der Waals surface area contributed by atoms with E-state index in [-0.39, 0.29) is 0 Å². The van der Waals surface area contributed by atoms with Gasteiger partial charge in [-0.05, 0) is 41.6 Å².